The summed E-state index contributed by atoms with van der Waals surface area (Å²) in [5.74, 6) is -2.22. The van der Waals surface area contributed by atoms with Crippen molar-refractivity contribution in [2.45, 2.75) is 11.8 Å². The van der Waals surface area contributed by atoms with Gasteiger partial charge in [-0.05, 0) is 23.3 Å². The molecule has 1 unspecified atom stereocenters. The molecule has 0 aromatic heterocycles. The predicted molar refractivity (Wildman–Crippen MR) is 78.0 cm³/mol. The van der Waals surface area contributed by atoms with Crippen molar-refractivity contribution in [1.29, 1.82) is 0 Å². The highest BCUT2D eigenvalue weighted by molar-refractivity contribution is 5.86. The van der Waals surface area contributed by atoms with E-state index in [9.17, 15) is 18.0 Å². The van der Waals surface area contributed by atoms with Gasteiger partial charge in [-0.3, -0.25) is 0 Å². The smallest absolute Gasteiger partial charge is 0.443 e. The van der Waals surface area contributed by atoms with Gasteiger partial charge in [-0.25, -0.2) is 4.79 Å². The maximum atomic E-state index is 13.2. The number of benzene rings is 2. The average molecular weight is 320 g/mol. The number of hydrogen-bond donors (Lipinski definition) is 1. The molecule has 0 aliphatic carbocycles. The van der Waals surface area contributed by atoms with Crippen molar-refractivity contribution >= 4 is 12.0 Å². The van der Waals surface area contributed by atoms with E-state index >= 15 is 0 Å². The molecule has 1 heterocycles. The van der Waals surface area contributed by atoms with Crippen LogP contribution in [0.2, 0.25) is 0 Å². The van der Waals surface area contributed by atoms with Crippen molar-refractivity contribution in [2.24, 2.45) is 0 Å². The maximum Gasteiger partial charge on any atom is 0.443 e. The third kappa shape index (κ3) is 2.46. The van der Waals surface area contributed by atoms with Crippen molar-refractivity contribution in [3.05, 3.63) is 60.2 Å². The Kier molecular flexibility index (Phi) is 3.39. The molecule has 0 saturated carbocycles. The molecule has 0 saturated heterocycles. The fraction of sp³-hybridized carbons (Fsp3) is 0.118. The second-order valence-corrected chi connectivity index (χ2v) is 5.09. The van der Waals surface area contributed by atoms with Crippen molar-refractivity contribution in [1.82, 2.24) is 0 Å². The van der Waals surface area contributed by atoms with Crippen LogP contribution in [0.1, 0.15) is 5.56 Å². The van der Waals surface area contributed by atoms with E-state index in [-0.39, 0.29) is 5.75 Å². The lowest BCUT2D eigenvalue weighted by molar-refractivity contribution is -0.235. The molecule has 0 bridgehead atoms. The minimum absolute atomic E-state index is 0.117. The summed E-state index contributed by atoms with van der Waals surface area (Å²) in [7, 11) is 0. The van der Waals surface area contributed by atoms with Gasteiger partial charge in [0.25, 0.3) is 0 Å². The number of ether oxygens (including phenoxy) is 1. The molecule has 0 spiro atoms. The van der Waals surface area contributed by atoms with Gasteiger partial charge in [0.1, 0.15) is 5.75 Å². The Balaban J connectivity index is 2.08. The summed E-state index contributed by atoms with van der Waals surface area (Å²) in [6.45, 7) is 0. The Morgan fingerprint density at radius 3 is 2.35 bits per heavy atom. The number of aliphatic carboxylic acids is 1. The second kappa shape index (κ2) is 5.15. The molecule has 23 heavy (non-hydrogen) atoms. The number of rotatable bonds is 2. The summed E-state index contributed by atoms with van der Waals surface area (Å²) in [4.78, 5) is 11.2. The third-order valence-corrected chi connectivity index (χ3v) is 3.63. The van der Waals surface area contributed by atoms with Gasteiger partial charge in [-0.2, -0.15) is 13.2 Å². The summed E-state index contributed by atoms with van der Waals surface area (Å²) in [6, 6.07) is 13.8. The molecule has 1 N–H and O–H groups in total. The molecule has 0 fully saturated rings. The van der Waals surface area contributed by atoms with E-state index in [4.69, 9.17) is 9.84 Å². The van der Waals surface area contributed by atoms with E-state index < -0.39 is 17.7 Å². The van der Waals surface area contributed by atoms with Crippen LogP contribution in [0.3, 0.4) is 0 Å². The van der Waals surface area contributed by atoms with Gasteiger partial charge in [0.05, 0.1) is 0 Å². The molecule has 3 rings (SSSR count). The van der Waals surface area contributed by atoms with Crippen LogP contribution < -0.4 is 4.74 Å². The first-order valence-corrected chi connectivity index (χ1v) is 6.71. The second-order valence-electron chi connectivity index (χ2n) is 5.09. The molecule has 1 atom stereocenters. The maximum absolute atomic E-state index is 13.2. The van der Waals surface area contributed by atoms with E-state index in [1.807, 2.05) is 6.07 Å². The van der Waals surface area contributed by atoms with Crippen molar-refractivity contribution in [3.8, 4) is 16.9 Å². The Hall–Kier alpha value is -2.76. The highest BCUT2D eigenvalue weighted by Gasteiger charge is 2.63. The zero-order chi connectivity index (χ0) is 16.7. The molecule has 1 aliphatic heterocycles. The van der Waals surface area contributed by atoms with Crippen LogP contribution in [0.4, 0.5) is 13.2 Å². The molecule has 0 radical (unpaired) electrons. The number of alkyl halides is 3. The number of carbonyl (C=O) groups is 1. The topological polar surface area (TPSA) is 46.5 Å². The minimum atomic E-state index is -5.07. The normalized spacial score (nSPS) is 19.8. The van der Waals surface area contributed by atoms with Crippen LogP contribution in [0.15, 0.2) is 54.6 Å². The fourth-order valence-corrected chi connectivity index (χ4v) is 2.37. The molecular weight excluding hydrogens is 309 g/mol. The van der Waals surface area contributed by atoms with E-state index in [1.165, 1.54) is 6.07 Å². The molecule has 2 aromatic carbocycles. The van der Waals surface area contributed by atoms with E-state index in [0.29, 0.717) is 17.2 Å². The Morgan fingerprint density at radius 2 is 1.74 bits per heavy atom. The van der Waals surface area contributed by atoms with Crippen LogP contribution in [0.25, 0.3) is 17.2 Å². The van der Waals surface area contributed by atoms with Gasteiger partial charge in [-0.15, -0.1) is 0 Å². The van der Waals surface area contributed by atoms with Crippen LogP contribution in [-0.2, 0) is 4.79 Å². The highest BCUT2D eigenvalue weighted by Crippen LogP contribution is 2.42. The van der Waals surface area contributed by atoms with E-state index in [1.54, 1.807) is 36.4 Å². The Morgan fingerprint density at radius 1 is 1.04 bits per heavy atom. The lowest BCUT2D eigenvalue weighted by atomic mass is 9.95. The molecular formula is C17H11F3O3. The minimum Gasteiger partial charge on any atom is -0.478 e. The Labute approximate surface area is 129 Å². The number of halogens is 3. The van der Waals surface area contributed by atoms with E-state index in [2.05, 4.69) is 0 Å². The fourth-order valence-electron chi connectivity index (χ4n) is 2.37. The highest BCUT2D eigenvalue weighted by atomic mass is 19.4. The number of hydrogen-bond acceptors (Lipinski definition) is 2. The quantitative estimate of drug-likeness (QED) is 0.904. The zero-order valence-electron chi connectivity index (χ0n) is 11.7. The monoisotopic (exact) mass is 320 g/mol. The molecule has 3 nitrogen and oxygen atoms in total. The zero-order valence-corrected chi connectivity index (χ0v) is 11.7. The SMILES string of the molecule is O=C(O)C1(C(F)(F)F)C=Cc2ccc(-c3ccccc3)cc2O1. The summed E-state index contributed by atoms with van der Waals surface area (Å²) in [5, 5.41) is 9.04. The van der Waals surface area contributed by atoms with Crippen molar-refractivity contribution in [3.63, 3.8) is 0 Å². The number of fused-ring (bicyclic) bond motifs is 1. The van der Waals surface area contributed by atoms with Gasteiger partial charge in [-0.1, -0.05) is 48.5 Å². The molecule has 0 amide bonds. The van der Waals surface area contributed by atoms with Crippen LogP contribution in [-0.4, -0.2) is 22.9 Å². The standard InChI is InChI=1S/C17H11F3O3/c18-17(19,20)16(15(21)22)9-8-12-6-7-13(10-14(12)23-16)11-4-2-1-3-5-11/h1-10H,(H,21,22). The van der Waals surface area contributed by atoms with Gasteiger partial charge in [0, 0.05) is 5.56 Å². The first-order valence-electron chi connectivity index (χ1n) is 6.71. The Bertz CT molecular complexity index is 781. The lowest BCUT2D eigenvalue weighted by Gasteiger charge is -2.32. The largest absolute Gasteiger partial charge is 0.478 e. The van der Waals surface area contributed by atoms with Crippen molar-refractivity contribution < 1.29 is 27.8 Å². The molecule has 1 aliphatic rings. The van der Waals surface area contributed by atoms with Crippen LogP contribution in [0, 0.1) is 0 Å². The van der Waals surface area contributed by atoms with Gasteiger partial charge in [0.15, 0.2) is 0 Å². The van der Waals surface area contributed by atoms with Crippen LogP contribution >= 0.6 is 0 Å². The van der Waals surface area contributed by atoms with Gasteiger partial charge in [0.2, 0.25) is 0 Å². The van der Waals surface area contributed by atoms with Gasteiger partial charge >= 0.3 is 17.7 Å². The average Bonchev–Trinajstić information content (AvgIpc) is 2.53. The summed E-state index contributed by atoms with van der Waals surface area (Å²) in [5.41, 5.74) is -1.54. The molecule has 2 aromatic rings. The third-order valence-electron chi connectivity index (χ3n) is 3.63. The number of carboxylic acid groups (broad SMARTS) is 1. The van der Waals surface area contributed by atoms with Gasteiger partial charge < -0.3 is 9.84 Å². The first-order chi connectivity index (χ1) is 10.8. The predicted octanol–water partition coefficient (Wildman–Crippen LogP) is 4.14. The summed E-state index contributed by atoms with van der Waals surface area (Å²) in [6.07, 6.45) is -3.43. The van der Waals surface area contributed by atoms with Crippen molar-refractivity contribution in [2.75, 3.05) is 0 Å². The molecule has 118 valence electrons. The summed E-state index contributed by atoms with van der Waals surface area (Å²) < 4.78 is 44.5. The first kappa shape index (κ1) is 15.1. The molecule has 6 heteroatoms. The van der Waals surface area contributed by atoms with E-state index in [0.717, 1.165) is 11.6 Å². The van der Waals surface area contributed by atoms with Crippen LogP contribution in [0.5, 0.6) is 5.75 Å². The number of carboxylic acids is 1. The summed E-state index contributed by atoms with van der Waals surface area (Å²) >= 11 is 0. The lowest BCUT2D eigenvalue weighted by Crippen LogP contribution is -2.56.